The summed E-state index contributed by atoms with van der Waals surface area (Å²) in [5.41, 5.74) is 1.32. The quantitative estimate of drug-likeness (QED) is 0.774. The van der Waals surface area contributed by atoms with Crippen LogP contribution in [0.15, 0.2) is 54.6 Å². The monoisotopic (exact) mass is 370 g/mol. The van der Waals surface area contributed by atoms with Crippen LogP contribution in [-0.4, -0.2) is 33.6 Å². The minimum absolute atomic E-state index is 0.0990. The van der Waals surface area contributed by atoms with Crippen LogP contribution >= 0.6 is 0 Å². The third-order valence-corrected chi connectivity index (χ3v) is 12.1. The van der Waals surface area contributed by atoms with Gasteiger partial charge in [-0.2, -0.15) is 0 Å². The summed E-state index contributed by atoms with van der Waals surface area (Å²) in [6.45, 7) is 5.84. The predicted octanol–water partition coefficient (Wildman–Crippen LogP) is 2.28. The second-order valence-electron chi connectivity index (χ2n) is 7.70. The van der Waals surface area contributed by atoms with Gasteiger partial charge in [-0.05, 0) is 0 Å². The topological polar surface area (TPSA) is 18.5 Å². The van der Waals surface area contributed by atoms with Crippen molar-refractivity contribution in [1.29, 1.82) is 0 Å². The second kappa shape index (κ2) is 6.46. The molecule has 1 heterocycles. The van der Waals surface area contributed by atoms with Crippen LogP contribution in [0.4, 0.5) is 0 Å². The first-order valence-corrected chi connectivity index (χ1v) is 14.6. The number of hydrogen-bond donors (Lipinski definition) is 0. The van der Waals surface area contributed by atoms with Crippen molar-refractivity contribution >= 4 is 34.6 Å². The summed E-state index contributed by atoms with van der Waals surface area (Å²) in [6, 6.07) is 19.6. The molecule has 0 atom stereocenters. The van der Waals surface area contributed by atoms with E-state index >= 15 is 0 Å². The van der Waals surface area contributed by atoms with Crippen molar-refractivity contribution in [2.75, 3.05) is 13.2 Å². The molecule has 0 amide bonds. The van der Waals surface area contributed by atoms with Crippen LogP contribution in [0.5, 0.6) is 0 Å². The predicted molar refractivity (Wildman–Crippen MR) is 101 cm³/mol. The van der Waals surface area contributed by atoms with Crippen LogP contribution < -0.4 is 14.3 Å². The average Bonchev–Trinajstić information content (AvgIpc) is 2.56. The minimum atomic E-state index is -2.37. The van der Waals surface area contributed by atoms with E-state index in [-0.39, 0.29) is 12.5 Å². The maximum absolute atomic E-state index is 6.06. The van der Waals surface area contributed by atoms with E-state index in [2.05, 4.69) is 80.0 Å². The summed E-state index contributed by atoms with van der Waals surface area (Å²) in [5.74, 6) is 4.89. The molecular formula is C19H25BGeO2. The molecule has 2 aromatic carbocycles. The molecule has 1 fully saturated rings. The van der Waals surface area contributed by atoms with Crippen molar-refractivity contribution in [2.45, 2.75) is 25.4 Å². The Morgan fingerprint density at radius 3 is 2.09 bits per heavy atom. The average molecular weight is 369 g/mol. The summed E-state index contributed by atoms with van der Waals surface area (Å²) in [6.07, 6.45) is 0. The summed E-state index contributed by atoms with van der Waals surface area (Å²) >= 11 is -2.37. The van der Waals surface area contributed by atoms with Crippen LogP contribution in [0.2, 0.25) is 11.5 Å². The molecule has 3 rings (SSSR count). The Hall–Kier alpha value is -1.03. The number of benzene rings is 2. The van der Waals surface area contributed by atoms with E-state index in [0.717, 1.165) is 13.2 Å². The molecule has 2 aromatic rings. The van der Waals surface area contributed by atoms with Crippen molar-refractivity contribution in [3.05, 3.63) is 54.6 Å². The van der Waals surface area contributed by atoms with Gasteiger partial charge in [-0.25, -0.2) is 0 Å². The van der Waals surface area contributed by atoms with Crippen LogP contribution in [0, 0.1) is 5.41 Å². The van der Waals surface area contributed by atoms with E-state index in [9.17, 15) is 0 Å². The van der Waals surface area contributed by atoms with Crippen molar-refractivity contribution in [1.82, 2.24) is 0 Å². The molecule has 0 radical (unpaired) electrons. The second-order valence-corrected chi connectivity index (χ2v) is 16.9. The molecule has 0 bridgehead atoms. The van der Waals surface area contributed by atoms with Gasteiger partial charge < -0.3 is 0 Å². The Labute approximate surface area is 142 Å². The molecular weight excluding hydrogens is 344 g/mol. The van der Waals surface area contributed by atoms with E-state index in [1.165, 1.54) is 14.3 Å². The molecule has 0 spiro atoms. The molecule has 4 heteroatoms. The fourth-order valence-corrected chi connectivity index (χ4v) is 8.97. The van der Waals surface area contributed by atoms with Crippen LogP contribution in [-0.2, 0) is 9.31 Å². The van der Waals surface area contributed by atoms with E-state index < -0.39 is 13.3 Å². The third kappa shape index (κ3) is 3.57. The molecule has 0 aliphatic carbocycles. The Morgan fingerprint density at radius 1 is 0.870 bits per heavy atom. The fourth-order valence-electron chi connectivity index (χ4n) is 3.15. The van der Waals surface area contributed by atoms with Gasteiger partial charge in [-0.15, -0.1) is 0 Å². The van der Waals surface area contributed by atoms with Crippen LogP contribution in [0.3, 0.4) is 0 Å². The first-order chi connectivity index (χ1) is 10.9. The molecule has 0 N–H and O–H groups in total. The maximum atomic E-state index is 6.06. The van der Waals surface area contributed by atoms with E-state index in [4.69, 9.17) is 9.31 Å². The van der Waals surface area contributed by atoms with E-state index in [1.807, 2.05) is 0 Å². The fraction of sp³-hybridized carbons (Fsp3) is 0.368. The van der Waals surface area contributed by atoms with E-state index in [0.29, 0.717) is 0 Å². The van der Waals surface area contributed by atoms with Gasteiger partial charge in [0.1, 0.15) is 0 Å². The summed E-state index contributed by atoms with van der Waals surface area (Å²) in [4.78, 5) is 0. The van der Waals surface area contributed by atoms with Crippen molar-refractivity contribution in [3.8, 4) is 0 Å². The van der Waals surface area contributed by atoms with Gasteiger partial charge in [0.15, 0.2) is 0 Å². The summed E-state index contributed by atoms with van der Waals surface area (Å²) in [5, 5.41) is 0. The first-order valence-electron chi connectivity index (χ1n) is 8.28. The Morgan fingerprint density at radius 2 is 1.43 bits per heavy atom. The van der Waals surface area contributed by atoms with Gasteiger partial charge in [-0.3, -0.25) is 0 Å². The Balaban J connectivity index is 1.95. The van der Waals surface area contributed by atoms with Crippen molar-refractivity contribution in [2.24, 2.45) is 5.41 Å². The molecule has 1 aliphatic heterocycles. The number of hydrogen-bond acceptors (Lipinski definition) is 2. The first kappa shape index (κ1) is 16.8. The van der Waals surface area contributed by atoms with Gasteiger partial charge in [0.25, 0.3) is 0 Å². The van der Waals surface area contributed by atoms with Crippen LogP contribution in [0.1, 0.15) is 13.8 Å². The van der Waals surface area contributed by atoms with Gasteiger partial charge in [-0.1, -0.05) is 0 Å². The third-order valence-electron chi connectivity index (χ3n) is 4.63. The molecule has 1 saturated heterocycles. The van der Waals surface area contributed by atoms with Gasteiger partial charge in [0.2, 0.25) is 0 Å². The van der Waals surface area contributed by atoms with Gasteiger partial charge >= 0.3 is 143 Å². The zero-order chi connectivity index (χ0) is 16.5. The summed E-state index contributed by atoms with van der Waals surface area (Å²) < 4.78 is 15.0. The molecule has 0 saturated carbocycles. The van der Waals surface area contributed by atoms with Gasteiger partial charge in [0.05, 0.1) is 0 Å². The van der Waals surface area contributed by atoms with Crippen molar-refractivity contribution in [3.63, 3.8) is 0 Å². The molecule has 1 aliphatic rings. The molecule has 120 valence electrons. The SMILES string of the molecule is CC1(C)COB(c2cccc[c]2[Ge]([CH3])([CH3])[c]2ccccc2)OC1. The van der Waals surface area contributed by atoms with E-state index in [1.54, 1.807) is 0 Å². The molecule has 23 heavy (non-hydrogen) atoms. The Kier molecular flexibility index (Phi) is 4.72. The molecule has 0 unspecified atom stereocenters. The van der Waals surface area contributed by atoms with Crippen LogP contribution in [0.25, 0.3) is 0 Å². The van der Waals surface area contributed by atoms with Crippen molar-refractivity contribution < 1.29 is 9.31 Å². The number of rotatable bonds is 3. The zero-order valence-corrected chi connectivity index (χ0v) is 16.6. The zero-order valence-electron chi connectivity index (χ0n) is 14.5. The van der Waals surface area contributed by atoms with Gasteiger partial charge in [0, 0.05) is 0 Å². The molecule has 2 nitrogen and oxygen atoms in total. The summed E-state index contributed by atoms with van der Waals surface area (Å²) in [7, 11) is -0.229. The standard InChI is InChI=1S/C19H25BGeO2/c1-19(2)14-22-20(23-15-19)17-12-8-9-13-18(17)21(3,4)16-10-6-5-7-11-16/h5-13H,14-15H2,1-4H3. The molecule has 0 aromatic heterocycles. The normalized spacial score (nSPS) is 18.0. The Bertz CT molecular complexity index is 660.